The summed E-state index contributed by atoms with van der Waals surface area (Å²) in [6.07, 6.45) is -2.52. The van der Waals surface area contributed by atoms with E-state index in [0.29, 0.717) is 10.1 Å². The second-order valence-corrected chi connectivity index (χ2v) is 4.58. The standard InChI is InChI=1S/C9H5F3S2/c10-7-5-2-1-4(8(11)12)3-6(5)14-9(7)13/h1-3,8,13H. The normalized spacial score (nSPS) is 11.5. The summed E-state index contributed by atoms with van der Waals surface area (Å²) in [6, 6.07) is 3.89. The van der Waals surface area contributed by atoms with Gasteiger partial charge in [0.15, 0.2) is 5.82 Å². The van der Waals surface area contributed by atoms with Crippen molar-refractivity contribution >= 4 is 34.1 Å². The van der Waals surface area contributed by atoms with Crippen molar-refractivity contribution in [3.05, 3.63) is 29.6 Å². The molecule has 0 saturated heterocycles. The molecule has 1 heterocycles. The van der Waals surface area contributed by atoms with Crippen LogP contribution in [-0.2, 0) is 0 Å². The van der Waals surface area contributed by atoms with Crippen LogP contribution in [0.2, 0.25) is 0 Å². The van der Waals surface area contributed by atoms with Gasteiger partial charge in [-0.1, -0.05) is 12.1 Å². The Hall–Kier alpha value is -0.680. The molecular formula is C9H5F3S2. The van der Waals surface area contributed by atoms with Crippen LogP contribution in [0.15, 0.2) is 22.4 Å². The average Bonchev–Trinajstić information content (AvgIpc) is 2.42. The highest BCUT2D eigenvalue weighted by molar-refractivity contribution is 7.83. The number of rotatable bonds is 1. The highest BCUT2D eigenvalue weighted by Gasteiger charge is 2.12. The molecule has 2 rings (SSSR count). The summed E-state index contributed by atoms with van der Waals surface area (Å²) in [4.78, 5) is 0. The first kappa shape index (κ1) is 9.86. The summed E-state index contributed by atoms with van der Waals surface area (Å²) in [6.45, 7) is 0. The molecule has 0 aliphatic carbocycles. The lowest BCUT2D eigenvalue weighted by molar-refractivity contribution is 0.151. The van der Waals surface area contributed by atoms with Crippen LogP contribution in [0.5, 0.6) is 0 Å². The molecule has 0 bridgehead atoms. The molecule has 0 unspecified atom stereocenters. The summed E-state index contributed by atoms with van der Waals surface area (Å²) in [7, 11) is 0. The Morgan fingerprint density at radius 2 is 2.00 bits per heavy atom. The number of fused-ring (bicyclic) bond motifs is 1. The van der Waals surface area contributed by atoms with Crippen molar-refractivity contribution in [1.29, 1.82) is 0 Å². The first-order valence-electron chi connectivity index (χ1n) is 3.78. The molecule has 0 N–H and O–H groups in total. The maximum absolute atomic E-state index is 13.2. The molecule has 74 valence electrons. The molecule has 5 heteroatoms. The molecule has 1 aromatic heterocycles. The molecule has 0 saturated carbocycles. The lowest BCUT2D eigenvalue weighted by Gasteiger charge is -1.97. The van der Waals surface area contributed by atoms with E-state index in [-0.39, 0.29) is 9.77 Å². The minimum atomic E-state index is -2.52. The van der Waals surface area contributed by atoms with E-state index in [9.17, 15) is 13.2 Å². The first-order valence-corrected chi connectivity index (χ1v) is 5.05. The Bertz CT molecular complexity index is 476. The third kappa shape index (κ3) is 1.50. The number of alkyl halides is 2. The fourth-order valence-electron chi connectivity index (χ4n) is 1.20. The highest BCUT2D eigenvalue weighted by atomic mass is 32.2. The van der Waals surface area contributed by atoms with Gasteiger partial charge in [0, 0.05) is 15.6 Å². The largest absolute Gasteiger partial charge is 0.263 e. The molecule has 2 aromatic rings. The van der Waals surface area contributed by atoms with Crippen molar-refractivity contribution in [3.63, 3.8) is 0 Å². The fourth-order valence-corrected chi connectivity index (χ4v) is 2.49. The maximum atomic E-state index is 13.2. The van der Waals surface area contributed by atoms with Gasteiger partial charge in [0.05, 0.1) is 4.21 Å². The third-order valence-electron chi connectivity index (χ3n) is 1.89. The Balaban J connectivity index is 2.67. The van der Waals surface area contributed by atoms with Gasteiger partial charge in [-0.05, 0) is 6.07 Å². The van der Waals surface area contributed by atoms with Crippen LogP contribution in [0, 0.1) is 5.82 Å². The van der Waals surface area contributed by atoms with Gasteiger partial charge in [-0.2, -0.15) is 0 Å². The molecule has 0 spiro atoms. The SMILES string of the molecule is Fc1c(S)sc2cc(C(F)F)ccc12. The van der Waals surface area contributed by atoms with E-state index in [0.717, 1.165) is 11.3 Å². The molecule has 14 heavy (non-hydrogen) atoms. The molecule has 0 aliphatic rings. The summed E-state index contributed by atoms with van der Waals surface area (Å²) in [5, 5.41) is 0.351. The Morgan fingerprint density at radius 3 is 2.64 bits per heavy atom. The highest BCUT2D eigenvalue weighted by Crippen LogP contribution is 2.34. The zero-order chi connectivity index (χ0) is 10.3. The Kier molecular flexibility index (Phi) is 2.45. The number of halogens is 3. The van der Waals surface area contributed by atoms with Gasteiger partial charge >= 0.3 is 0 Å². The molecule has 0 nitrogen and oxygen atoms in total. The summed E-state index contributed by atoms with van der Waals surface area (Å²) in [5.41, 5.74) is -0.0907. The molecule has 0 aliphatic heterocycles. The first-order chi connectivity index (χ1) is 6.59. The van der Waals surface area contributed by atoms with Crippen LogP contribution in [0.3, 0.4) is 0 Å². The van der Waals surface area contributed by atoms with Crippen LogP contribution in [0.25, 0.3) is 10.1 Å². The average molecular weight is 234 g/mol. The summed E-state index contributed by atoms with van der Waals surface area (Å²) in [5.74, 6) is -0.436. The molecule has 0 radical (unpaired) electrons. The van der Waals surface area contributed by atoms with Gasteiger partial charge in [-0.3, -0.25) is 0 Å². The topological polar surface area (TPSA) is 0 Å². The lowest BCUT2D eigenvalue weighted by atomic mass is 10.2. The maximum Gasteiger partial charge on any atom is 0.263 e. The second-order valence-electron chi connectivity index (χ2n) is 2.78. The van der Waals surface area contributed by atoms with Crippen molar-refractivity contribution < 1.29 is 13.2 Å². The van der Waals surface area contributed by atoms with Gasteiger partial charge in [0.2, 0.25) is 0 Å². The van der Waals surface area contributed by atoms with Crippen LogP contribution in [-0.4, -0.2) is 0 Å². The van der Waals surface area contributed by atoms with E-state index in [1.807, 2.05) is 0 Å². The Morgan fingerprint density at radius 1 is 1.29 bits per heavy atom. The molecule has 0 amide bonds. The monoisotopic (exact) mass is 234 g/mol. The smallest absolute Gasteiger partial charge is 0.205 e. The molecular weight excluding hydrogens is 229 g/mol. The summed E-state index contributed by atoms with van der Waals surface area (Å²) >= 11 is 4.96. The predicted molar refractivity (Wildman–Crippen MR) is 54.0 cm³/mol. The van der Waals surface area contributed by atoms with Crippen LogP contribution in [0.4, 0.5) is 13.2 Å². The van der Waals surface area contributed by atoms with E-state index in [1.165, 1.54) is 18.2 Å². The minimum absolute atomic E-state index is 0.0907. The van der Waals surface area contributed by atoms with Crippen molar-refractivity contribution in [2.24, 2.45) is 0 Å². The van der Waals surface area contributed by atoms with E-state index in [1.54, 1.807) is 0 Å². The van der Waals surface area contributed by atoms with Gasteiger partial charge in [-0.25, -0.2) is 13.2 Å². The van der Waals surface area contributed by atoms with Crippen molar-refractivity contribution in [2.75, 3.05) is 0 Å². The zero-order valence-corrected chi connectivity index (χ0v) is 8.51. The number of thiophene rings is 1. The third-order valence-corrected chi connectivity index (χ3v) is 3.29. The van der Waals surface area contributed by atoms with Crippen LogP contribution in [0.1, 0.15) is 12.0 Å². The van der Waals surface area contributed by atoms with E-state index in [4.69, 9.17) is 0 Å². The predicted octanol–water partition coefficient (Wildman–Crippen LogP) is 4.27. The number of benzene rings is 1. The van der Waals surface area contributed by atoms with Crippen LogP contribution < -0.4 is 0 Å². The second kappa shape index (κ2) is 3.47. The molecule has 0 fully saturated rings. The van der Waals surface area contributed by atoms with E-state index < -0.39 is 12.2 Å². The number of thiol groups is 1. The van der Waals surface area contributed by atoms with Gasteiger partial charge in [0.25, 0.3) is 6.43 Å². The zero-order valence-electron chi connectivity index (χ0n) is 6.80. The fraction of sp³-hybridized carbons (Fsp3) is 0.111. The van der Waals surface area contributed by atoms with Gasteiger partial charge in [-0.15, -0.1) is 24.0 Å². The number of hydrogen-bond donors (Lipinski definition) is 1. The van der Waals surface area contributed by atoms with Crippen molar-refractivity contribution in [2.45, 2.75) is 10.6 Å². The Labute approximate surface area is 87.8 Å². The number of hydrogen-bond acceptors (Lipinski definition) is 2. The van der Waals surface area contributed by atoms with Gasteiger partial charge in [0.1, 0.15) is 0 Å². The van der Waals surface area contributed by atoms with Crippen LogP contribution >= 0.6 is 24.0 Å². The van der Waals surface area contributed by atoms with Crippen molar-refractivity contribution in [3.8, 4) is 0 Å². The van der Waals surface area contributed by atoms with Gasteiger partial charge < -0.3 is 0 Å². The lowest BCUT2D eigenvalue weighted by Crippen LogP contribution is -1.82. The quantitative estimate of drug-likeness (QED) is 0.700. The van der Waals surface area contributed by atoms with E-state index >= 15 is 0 Å². The molecule has 0 atom stereocenters. The molecule has 1 aromatic carbocycles. The minimum Gasteiger partial charge on any atom is -0.205 e. The van der Waals surface area contributed by atoms with E-state index in [2.05, 4.69) is 12.6 Å². The summed E-state index contributed by atoms with van der Waals surface area (Å²) < 4.78 is 38.6. The van der Waals surface area contributed by atoms with Crippen molar-refractivity contribution in [1.82, 2.24) is 0 Å².